The molecule has 3 aromatic rings. The summed E-state index contributed by atoms with van der Waals surface area (Å²) in [6.07, 6.45) is 3.85. The Kier molecular flexibility index (Phi) is 6.14. The highest BCUT2D eigenvalue weighted by Crippen LogP contribution is 2.31. The lowest BCUT2D eigenvalue weighted by Crippen LogP contribution is -2.33. The number of benzene rings is 3. The lowest BCUT2D eigenvalue weighted by atomic mass is 10.1. The van der Waals surface area contributed by atoms with E-state index in [0.29, 0.717) is 24.2 Å². The maximum atomic E-state index is 13.2. The van der Waals surface area contributed by atoms with Crippen LogP contribution in [0.25, 0.3) is 0 Å². The van der Waals surface area contributed by atoms with Crippen molar-refractivity contribution in [3.05, 3.63) is 107 Å². The van der Waals surface area contributed by atoms with E-state index < -0.39 is 0 Å². The zero-order valence-electron chi connectivity index (χ0n) is 18.8. The molecule has 5 rings (SSSR count). The predicted molar refractivity (Wildman–Crippen MR) is 125 cm³/mol. The third kappa shape index (κ3) is 5.16. The summed E-state index contributed by atoms with van der Waals surface area (Å²) < 4.78 is 26.5. The molecule has 0 unspecified atom stereocenters. The third-order valence-corrected chi connectivity index (χ3v) is 6.41. The summed E-state index contributed by atoms with van der Waals surface area (Å²) in [5.41, 5.74) is 2.83. The van der Waals surface area contributed by atoms with Gasteiger partial charge >= 0.3 is 0 Å². The van der Waals surface area contributed by atoms with Gasteiger partial charge in [-0.25, -0.2) is 8.78 Å². The van der Waals surface area contributed by atoms with Gasteiger partial charge in [-0.1, -0.05) is 24.3 Å². The van der Waals surface area contributed by atoms with Crippen LogP contribution in [0, 0.1) is 11.6 Å². The quantitative estimate of drug-likeness (QED) is 0.441. The van der Waals surface area contributed by atoms with Gasteiger partial charge in [-0.3, -0.25) is 9.59 Å². The van der Waals surface area contributed by atoms with E-state index in [1.165, 1.54) is 24.3 Å². The molecular weight excluding hydrogens is 434 g/mol. The van der Waals surface area contributed by atoms with Gasteiger partial charge in [-0.2, -0.15) is 0 Å². The van der Waals surface area contributed by atoms with Crippen molar-refractivity contribution in [2.24, 2.45) is 0 Å². The van der Waals surface area contributed by atoms with E-state index >= 15 is 0 Å². The zero-order valence-corrected chi connectivity index (χ0v) is 18.8. The van der Waals surface area contributed by atoms with Crippen LogP contribution in [-0.4, -0.2) is 33.7 Å². The molecule has 0 bridgehead atoms. The van der Waals surface area contributed by atoms with Gasteiger partial charge in [0.25, 0.3) is 11.8 Å². The summed E-state index contributed by atoms with van der Waals surface area (Å²) in [4.78, 5) is 30.1. The van der Waals surface area contributed by atoms with Gasteiger partial charge < -0.3 is 9.80 Å². The maximum absolute atomic E-state index is 13.2. The Balaban J connectivity index is 1.29. The Bertz CT molecular complexity index is 1070. The molecule has 3 aromatic carbocycles. The highest BCUT2D eigenvalue weighted by atomic mass is 19.1. The van der Waals surface area contributed by atoms with Gasteiger partial charge in [-0.05, 0) is 85.3 Å². The number of carbonyl (C=O) groups is 2. The van der Waals surface area contributed by atoms with E-state index in [1.54, 1.807) is 48.5 Å². The van der Waals surface area contributed by atoms with Crippen molar-refractivity contribution in [3.8, 4) is 0 Å². The Morgan fingerprint density at radius 3 is 1.21 bits per heavy atom. The molecule has 0 radical (unpaired) electrons. The molecule has 2 aliphatic carbocycles. The van der Waals surface area contributed by atoms with E-state index in [4.69, 9.17) is 0 Å². The second-order valence-electron chi connectivity index (χ2n) is 9.16. The lowest BCUT2D eigenvalue weighted by molar-refractivity contribution is 0.0717. The van der Waals surface area contributed by atoms with Crippen LogP contribution in [0.4, 0.5) is 8.78 Å². The Morgan fingerprint density at radius 1 is 0.588 bits per heavy atom. The molecular formula is C28H26F2N2O2. The topological polar surface area (TPSA) is 40.6 Å². The second-order valence-corrected chi connectivity index (χ2v) is 9.16. The molecule has 0 saturated heterocycles. The van der Waals surface area contributed by atoms with Gasteiger partial charge in [0.1, 0.15) is 11.6 Å². The van der Waals surface area contributed by atoms with Crippen LogP contribution in [0.5, 0.6) is 0 Å². The molecule has 34 heavy (non-hydrogen) atoms. The summed E-state index contributed by atoms with van der Waals surface area (Å²) >= 11 is 0. The fourth-order valence-corrected chi connectivity index (χ4v) is 4.17. The standard InChI is InChI=1S/C28H26F2N2O2/c29-23-9-1-19(2-10-23)17-31(25-13-14-25)27(33)21-5-7-22(8-6-21)28(34)32(26-15-16-26)18-20-3-11-24(30)12-4-20/h1-12,25-26H,13-18H2. The van der Waals surface area contributed by atoms with Crippen LogP contribution in [0.2, 0.25) is 0 Å². The van der Waals surface area contributed by atoms with Crippen LogP contribution >= 0.6 is 0 Å². The summed E-state index contributed by atoms with van der Waals surface area (Å²) in [6, 6.07) is 19.6. The van der Waals surface area contributed by atoms with E-state index in [2.05, 4.69) is 0 Å². The molecule has 6 heteroatoms. The van der Waals surface area contributed by atoms with Crippen molar-refractivity contribution in [1.29, 1.82) is 0 Å². The monoisotopic (exact) mass is 460 g/mol. The minimum atomic E-state index is -0.298. The largest absolute Gasteiger partial charge is 0.331 e. The fraction of sp³-hybridized carbons (Fsp3) is 0.286. The van der Waals surface area contributed by atoms with Gasteiger partial charge in [0.15, 0.2) is 0 Å². The van der Waals surface area contributed by atoms with Crippen molar-refractivity contribution in [2.45, 2.75) is 50.9 Å². The number of halogens is 2. The first-order valence-corrected chi connectivity index (χ1v) is 11.7. The minimum Gasteiger partial charge on any atom is -0.331 e. The smallest absolute Gasteiger partial charge is 0.254 e. The summed E-state index contributed by atoms with van der Waals surface area (Å²) in [5, 5.41) is 0. The molecule has 0 spiro atoms. The SMILES string of the molecule is O=C(c1ccc(C(=O)N(Cc2ccc(F)cc2)C2CC2)cc1)N(Cc1ccc(F)cc1)C1CC1. The van der Waals surface area contributed by atoms with Crippen LogP contribution in [0.1, 0.15) is 57.5 Å². The summed E-state index contributed by atoms with van der Waals surface area (Å²) in [5.74, 6) is -0.770. The molecule has 2 saturated carbocycles. The highest BCUT2D eigenvalue weighted by Gasteiger charge is 2.34. The van der Waals surface area contributed by atoms with E-state index in [0.717, 1.165) is 36.8 Å². The number of carbonyl (C=O) groups excluding carboxylic acids is 2. The van der Waals surface area contributed by atoms with Crippen LogP contribution in [0.3, 0.4) is 0 Å². The second kappa shape index (κ2) is 9.37. The molecule has 2 aliphatic rings. The van der Waals surface area contributed by atoms with Gasteiger partial charge in [0.2, 0.25) is 0 Å². The van der Waals surface area contributed by atoms with Crippen molar-refractivity contribution < 1.29 is 18.4 Å². The molecule has 174 valence electrons. The molecule has 0 aliphatic heterocycles. The molecule has 0 N–H and O–H groups in total. The molecule has 0 heterocycles. The van der Waals surface area contributed by atoms with Crippen LogP contribution in [0.15, 0.2) is 72.8 Å². The number of hydrogen-bond acceptors (Lipinski definition) is 2. The third-order valence-electron chi connectivity index (χ3n) is 6.41. The normalized spacial score (nSPS) is 15.1. The van der Waals surface area contributed by atoms with Crippen LogP contribution < -0.4 is 0 Å². The first kappa shape index (κ1) is 22.3. The van der Waals surface area contributed by atoms with Crippen molar-refractivity contribution >= 4 is 11.8 Å². The first-order valence-electron chi connectivity index (χ1n) is 11.7. The summed E-state index contributed by atoms with van der Waals surface area (Å²) in [7, 11) is 0. The average molecular weight is 461 g/mol. The molecule has 2 amide bonds. The Morgan fingerprint density at radius 2 is 0.912 bits per heavy atom. The lowest BCUT2D eigenvalue weighted by Gasteiger charge is -2.24. The predicted octanol–water partition coefficient (Wildman–Crippen LogP) is 5.57. The van der Waals surface area contributed by atoms with Crippen LogP contribution in [-0.2, 0) is 13.1 Å². The van der Waals surface area contributed by atoms with Crippen molar-refractivity contribution in [2.75, 3.05) is 0 Å². The Labute approximate surface area is 197 Å². The van der Waals surface area contributed by atoms with Gasteiger partial charge in [-0.15, -0.1) is 0 Å². The van der Waals surface area contributed by atoms with Crippen molar-refractivity contribution in [1.82, 2.24) is 9.80 Å². The fourth-order valence-electron chi connectivity index (χ4n) is 4.17. The summed E-state index contributed by atoms with van der Waals surface area (Å²) in [6.45, 7) is 0.856. The number of hydrogen-bond donors (Lipinski definition) is 0. The number of amides is 2. The maximum Gasteiger partial charge on any atom is 0.254 e. The number of rotatable bonds is 8. The number of nitrogens with zero attached hydrogens (tertiary/aromatic N) is 2. The van der Waals surface area contributed by atoms with E-state index in [1.807, 2.05) is 9.80 Å². The average Bonchev–Trinajstić information content (AvgIpc) is 3.76. The molecule has 0 atom stereocenters. The Hall–Kier alpha value is -3.54. The first-order chi connectivity index (χ1) is 16.5. The molecule has 4 nitrogen and oxygen atoms in total. The molecule has 0 aromatic heterocycles. The van der Waals surface area contributed by atoms with Gasteiger partial charge in [0, 0.05) is 36.3 Å². The van der Waals surface area contributed by atoms with Crippen molar-refractivity contribution in [3.63, 3.8) is 0 Å². The zero-order chi connectivity index (χ0) is 23.7. The van der Waals surface area contributed by atoms with Gasteiger partial charge in [0.05, 0.1) is 0 Å². The highest BCUT2D eigenvalue weighted by molar-refractivity contribution is 5.98. The van der Waals surface area contributed by atoms with E-state index in [9.17, 15) is 18.4 Å². The minimum absolute atomic E-state index is 0.0869. The molecule has 2 fully saturated rings. The van der Waals surface area contributed by atoms with E-state index in [-0.39, 0.29) is 35.5 Å².